The van der Waals surface area contributed by atoms with E-state index < -0.39 is 0 Å². The molecule has 1 amide bonds. The number of aryl methyl sites for hydroxylation is 1. The fraction of sp³-hybridized carbons (Fsp3) is 0.208. The zero-order valence-electron chi connectivity index (χ0n) is 16.5. The summed E-state index contributed by atoms with van der Waals surface area (Å²) in [6.45, 7) is 0.897. The van der Waals surface area contributed by atoms with Crippen molar-refractivity contribution in [2.45, 2.75) is 25.3 Å². The lowest BCUT2D eigenvalue weighted by Gasteiger charge is -2.18. The van der Waals surface area contributed by atoms with Gasteiger partial charge in [-0.2, -0.15) is 0 Å². The van der Waals surface area contributed by atoms with Gasteiger partial charge in [-0.3, -0.25) is 14.2 Å². The zero-order chi connectivity index (χ0) is 20.8. The second-order valence-corrected chi connectivity index (χ2v) is 8.04. The van der Waals surface area contributed by atoms with E-state index in [9.17, 15) is 9.59 Å². The SMILES string of the molecule is O=C(CCn1cnc2sccc2c1=O)NCCC(c1ccccc1)c1ccccc1. The summed E-state index contributed by atoms with van der Waals surface area (Å²) in [6.07, 6.45) is 2.58. The smallest absolute Gasteiger partial charge is 0.262 e. The van der Waals surface area contributed by atoms with Crippen molar-refractivity contribution in [1.29, 1.82) is 0 Å². The van der Waals surface area contributed by atoms with Crippen LogP contribution in [0.4, 0.5) is 0 Å². The zero-order valence-corrected chi connectivity index (χ0v) is 17.3. The van der Waals surface area contributed by atoms with Crippen LogP contribution < -0.4 is 10.9 Å². The van der Waals surface area contributed by atoms with E-state index in [0.717, 1.165) is 11.3 Å². The van der Waals surface area contributed by atoms with Crippen LogP contribution in [0.2, 0.25) is 0 Å². The van der Waals surface area contributed by atoms with Gasteiger partial charge in [0.15, 0.2) is 0 Å². The molecule has 0 aliphatic carbocycles. The van der Waals surface area contributed by atoms with E-state index in [2.05, 4.69) is 34.6 Å². The first kappa shape index (κ1) is 20.0. The van der Waals surface area contributed by atoms with E-state index in [-0.39, 0.29) is 23.8 Å². The molecule has 0 fully saturated rings. The Kier molecular flexibility index (Phi) is 6.35. The van der Waals surface area contributed by atoms with Gasteiger partial charge < -0.3 is 5.32 Å². The molecule has 0 saturated carbocycles. The summed E-state index contributed by atoms with van der Waals surface area (Å²) in [5.41, 5.74) is 2.38. The Bertz CT molecular complexity index is 1130. The molecule has 30 heavy (non-hydrogen) atoms. The number of nitrogens with one attached hydrogen (secondary N) is 1. The lowest BCUT2D eigenvalue weighted by Crippen LogP contribution is -2.28. The average Bonchev–Trinajstić information content (AvgIpc) is 3.27. The first-order valence-corrected chi connectivity index (χ1v) is 10.9. The summed E-state index contributed by atoms with van der Waals surface area (Å²) in [4.78, 5) is 29.8. The Labute approximate surface area is 179 Å². The van der Waals surface area contributed by atoms with Gasteiger partial charge in [0.2, 0.25) is 5.91 Å². The van der Waals surface area contributed by atoms with Crippen LogP contribution in [0.3, 0.4) is 0 Å². The molecule has 152 valence electrons. The highest BCUT2D eigenvalue weighted by Crippen LogP contribution is 2.27. The largest absolute Gasteiger partial charge is 0.356 e. The Morgan fingerprint density at radius 3 is 2.33 bits per heavy atom. The molecular formula is C24H23N3O2S. The van der Waals surface area contributed by atoms with Gasteiger partial charge in [0, 0.05) is 25.4 Å². The van der Waals surface area contributed by atoms with Gasteiger partial charge in [-0.1, -0.05) is 60.7 Å². The van der Waals surface area contributed by atoms with E-state index in [1.165, 1.54) is 33.4 Å². The number of aromatic nitrogens is 2. The first-order chi connectivity index (χ1) is 14.7. The molecule has 4 rings (SSSR count). The summed E-state index contributed by atoms with van der Waals surface area (Å²) in [7, 11) is 0. The van der Waals surface area contributed by atoms with Crippen molar-refractivity contribution in [3.05, 3.63) is 99.9 Å². The molecule has 0 unspecified atom stereocenters. The number of carbonyl (C=O) groups excluding carboxylic acids is 1. The molecule has 0 spiro atoms. The lowest BCUT2D eigenvalue weighted by atomic mass is 9.88. The van der Waals surface area contributed by atoms with Crippen LogP contribution in [0, 0.1) is 0 Å². The minimum Gasteiger partial charge on any atom is -0.356 e. The first-order valence-electron chi connectivity index (χ1n) is 10.0. The van der Waals surface area contributed by atoms with E-state index in [1.54, 1.807) is 6.07 Å². The topological polar surface area (TPSA) is 64.0 Å². The number of amides is 1. The molecule has 0 aliphatic heterocycles. The monoisotopic (exact) mass is 417 g/mol. The van der Waals surface area contributed by atoms with Crippen molar-refractivity contribution in [1.82, 2.24) is 14.9 Å². The molecule has 1 N–H and O–H groups in total. The van der Waals surface area contributed by atoms with Crippen LogP contribution in [0.5, 0.6) is 0 Å². The molecule has 2 aromatic carbocycles. The second kappa shape index (κ2) is 9.50. The van der Waals surface area contributed by atoms with Gasteiger partial charge in [0.1, 0.15) is 4.83 Å². The van der Waals surface area contributed by atoms with Gasteiger partial charge in [-0.05, 0) is 29.0 Å². The van der Waals surface area contributed by atoms with Crippen LogP contribution in [0.1, 0.15) is 29.9 Å². The lowest BCUT2D eigenvalue weighted by molar-refractivity contribution is -0.121. The molecule has 0 bridgehead atoms. The molecule has 0 saturated heterocycles. The predicted octanol–water partition coefficient (Wildman–Crippen LogP) is 4.19. The Hall–Kier alpha value is -3.25. The molecule has 0 radical (unpaired) electrons. The number of thiophene rings is 1. The van der Waals surface area contributed by atoms with Crippen LogP contribution >= 0.6 is 11.3 Å². The summed E-state index contributed by atoms with van der Waals surface area (Å²) >= 11 is 1.44. The number of hydrogen-bond donors (Lipinski definition) is 1. The molecule has 0 aliphatic rings. The Balaban J connectivity index is 1.34. The standard InChI is InChI=1S/C24H23N3O2S/c28-22(12-15-27-17-26-23-21(24(27)29)13-16-30-23)25-14-11-20(18-7-3-1-4-8-18)19-9-5-2-6-10-19/h1-10,13,16-17,20H,11-12,14-15H2,(H,25,28). The van der Waals surface area contributed by atoms with Crippen LogP contribution in [-0.4, -0.2) is 22.0 Å². The molecular weight excluding hydrogens is 394 g/mol. The Morgan fingerprint density at radius 2 is 1.67 bits per heavy atom. The molecule has 2 aromatic heterocycles. The van der Waals surface area contributed by atoms with Crippen molar-refractivity contribution in [2.24, 2.45) is 0 Å². The second-order valence-electron chi connectivity index (χ2n) is 7.15. The van der Waals surface area contributed by atoms with Gasteiger partial charge in [-0.25, -0.2) is 4.98 Å². The van der Waals surface area contributed by atoms with Gasteiger partial charge in [-0.15, -0.1) is 11.3 Å². The number of hydrogen-bond acceptors (Lipinski definition) is 4. The predicted molar refractivity (Wildman–Crippen MR) is 121 cm³/mol. The number of fused-ring (bicyclic) bond motifs is 1. The van der Waals surface area contributed by atoms with Crippen molar-refractivity contribution >= 4 is 27.5 Å². The fourth-order valence-electron chi connectivity index (χ4n) is 3.62. The van der Waals surface area contributed by atoms with Crippen molar-refractivity contribution in [3.63, 3.8) is 0 Å². The van der Waals surface area contributed by atoms with Crippen molar-refractivity contribution in [3.8, 4) is 0 Å². The third kappa shape index (κ3) is 4.66. The molecule has 6 heteroatoms. The maximum Gasteiger partial charge on any atom is 0.262 e. The Morgan fingerprint density at radius 1 is 1.00 bits per heavy atom. The minimum atomic E-state index is -0.0951. The molecule has 4 aromatic rings. The van der Waals surface area contributed by atoms with Gasteiger partial charge >= 0.3 is 0 Å². The number of benzene rings is 2. The number of nitrogens with zero attached hydrogens (tertiary/aromatic N) is 2. The van der Waals surface area contributed by atoms with E-state index in [0.29, 0.717) is 18.5 Å². The van der Waals surface area contributed by atoms with Crippen LogP contribution in [0.15, 0.2) is 83.2 Å². The van der Waals surface area contributed by atoms with Crippen LogP contribution in [-0.2, 0) is 11.3 Å². The number of rotatable bonds is 8. The number of carbonyl (C=O) groups is 1. The summed E-state index contributed by atoms with van der Waals surface area (Å²) in [5.74, 6) is 0.160. The van der Waals surface area contributed by atoms with E-state index in [4.69, 9.17) is 0 Å². The van der Waals surface area contributed by atoms with Gasteiger partial charge in [0.25, 0.3) is 5.56 Å². The maximum absolute atomic E-state index is 12.4. The minimum absolute atomic E-state index is 0.0628. The fourth-order valence-corrected chi connectivity index (χ4v) is 4.34. The normalized spacial score (nSPS) is 11.1. The summed E-state index contributed by atoms with van der Waals surface area (Å²) in [5, 5.41) is 5.46. The molecule has 0 atom stereocenters. The highest BCUT2D eigenvalue weighted by molar-refractivity contribution is 7.16. The van der Waals surface area contributed by atoms with E-state index >= 15 is 0 Å². The quantitative estimate of drug-likeness (QED) is 0.468. The molecule has 2 heterocycles. The third-order valence-corrected chi connectivity index (χ3v) is 6.01. The van der Waals surface area contributed by atoms with Crippen molar-refractivity contribution < 1.29 is 4.79 Å². The molecule has 5 nitrogen and oxygen atoms in total. The highest BCUT2D eigenvalue weighted by atomic mass is 32.1. The summed E-state index contributed by atoms with van der Waals surface area (Å²) < 4.78 is 1.51. The van der Waals surface area contributed by atoms with Gasteiger partial charge in [0.05, 0.1) is 11.7 Å². The summed E-state index contributed by atoms with van der Waals surface area (Å²) in [6, 6.07) is 22.5. The third-order valence-electron chi connectivity index (χ3n) is 5.19. The highest BCUT2D eigenvalue weighted by Gasteiger charge is 2.14. The van der Waals surface area contributed by atoms with E-state index in [1.807, 2.05) is 41.8 Å². The maximum atomic E-state index is 12.4. The van der Waals surface area contributed by atoms with Crippen LogP contribution in [0.25, 0.3) is 10.2 Å². The van der Waals surface area contributed by atoms with Crippen molar-refractivity contribution in [2.75, 3.05) is 6.54 Å². The average molecular weight is 418 g/mol.